The average Bonchev–Trinajstić information content (AvgIpc) is 2.89. The molecule has 0 saturated carbocycles. The van der Waals surface area contributed by atoms with Gasteiger partial charge in [0, 0.05) is 19.3 Å². The molecule has 2 aliphatic heterocycles. The zero-order chi connectivity index (χ0) is 12.4. The first-order valence-electron chi connectivity index (χ1n) is 7.26. The third-order valence-corrected chi connectivity index (χ3v) is 4.36. The van der Waals surface area contributed by atoms with Crippen molar-refractivity contribution in [2.24, 2.45) is 0 Å². The zero-order valence-corrected chi connectivity index (χ0v) is 11.3. The Hall–Kier alpha value is -0.870. The molecule has 2 aliphatic rings. The van der Waals surface area contributed by atoms with Crippen molar-refractivity contribution in [3.63, 3.8) is 0 Å². The molecule has 0 aromatic carbocycles. The Labute approximate surface area is 109 Å². The molecule has 2 atom stereocenters. The molecule has 0 radical (unpaired) electrons. The lowest BCUT2D eigenvalue weighted by atomic mass is 9.94. The highest BCUT2D eigenvalue weighted by Crippen LogP contribution is 2.25. The standard InChI is InChI=1S/C14H24N4/c1-17-7-3-5-14(11-17)18-10-13(9-16-18)12-4-2-6-15-8-12/h9-10,12,14-15H,2-8,11H2,1H3. The van der Waals surface area contributed by atoms with E-state index in [2.05, 4.69) is 39.4 Å². The van der Waals surface area contributed by atoms with Crippen LogP contribution >= 0.6 is 0 Å². The summed E-state index contributed by atoms with van der Waals surface area (Å²) in [4.78, 5) is 2.41. The molecule has 1 N–H and O–H groups in total. The molecule has 0 amide bonds. The number of likely N-dealkylation sites (N-methyl/N-ethyl adjacent to an activating group) is 1. The largest absolute Gasteiger partial charge is 0.316 e. The lowest BCUT2D eigenvalue weighted by Gasteiger charge is -2.29. The quantitative estimate of drug-likeness (QED) is 0.863. The molecule has 0 aliphatic carbocycles. The van der Waals surface area contributed by atoms with Gasteiger partial charge in [0.1, 0.15) is 0 Å². The smallest absolute Gasteiger partial charge is 0.0646 e. The summed E-state index contributed by atoms with van der Waals surface area (Å²) in [6.45, 7) is 4.68. The third-order valence-electron chi connectivity index (χ3n) is 4.36. The molecule has 3 heterocycles. The summed E-state index contributed by atoms with van der Waals surface area (Å²) >= 11 is 0. The number of hydrogen-bond donors (Lipinski definition) is 1. The fourth-order valence-corrected chi connectivity index (χ4v) is 3.25. The van der Waals surface area contributed by atoms with E-state index >= 15 is 0 Å². The summed E-state index contributed by atoms with van der Waals surface area (Å²) in [5.41, 5.74) is 1.43. The van der Waals surface area contributed by atoms with Gasteiger partial charge in [-0.15, -0.1) is 0 Å². The van der Waals surface area contributed by atoms with E-state index < -0.39 is 0 Å². The fraction of sp³-hybridized carbons (Fsp3) is 0.786. The Balaban J connectivity index is 1.68. The molecule has 2 saturated heterocycles. The highest BCUT2D eigenvalue weighted by Gasteiger charge is 2.21. The van der Waals surface area contributed by atoms with Gasteiger partial charge in [0.25, 0.3) is 0 Å². The Bertz CT molecular complexity index is 381. The van der Waals surface area contributed by atoms with Gasteiger partial charge in [-0.1, -0.05) is 0 Å². The SMILES string of the molecule is CN1CCCC(n2cc(C3CCCNC3)cn2)C1. The number of hydrogen-bond acceptors (Lipinski definition) is 3. The van der Waals surface area contributed by atoms with Crippen molar-refractivity contribution in [3.8, 4) is 0 Å². The molecule has 2 unspecified atom stereocenters. The van der Waals surface area contributed by atoms with Crippen LogP contribution in [0.1, 0.15) is 43.2 Å². The van der Waals surface area contributed by atoms with Crippen molar-refractivity contribution in [2.75, 3.05) is 33.2 Å². The Kier molecular flexibility index (Phi) is 3.66. The molecular formula is C14H24N4. The molecular weight excluding hydrogens is 224 g/mol. The van der Waals surface area contributed by atoms with Crippen LogP contribution in [0.4, 0.5) is 0 Å². The van der Waals surface area contributed by atoms with Crippen molar-refractivity contribution >= 4 is 0 Å². The summed E-state index contributed by atoms with van der Waals surface area (Å²) in [5.74, 6) is 0.675. The predicted molar refractivity (Wildman–Crippen MR) is 72.8 cm³/mol. The van der Waals surface area contributed by atoms with Gasteiger partial charge in [0.05, 0.1) is 12.2 Å². The highest BCUT2D eigenvalue weighted by atomic mass is 15.3. The number of rotatable bonds is 2. The van der Waals surface area contributed by atoms with E-state index in [-0.39, 0.29) is 0 Å². The highest BCUT2D eigenvalue weighted by molar-refractivity contribution is 5.13. The minimum Gasteiger partial charge on any atom is -0.316 e. The van der Waals surface area contributed by atoms with Gasteiger partial charge >= 0.3 is 0 Å². The minimum absolute atomic E-state index is 0.578. The van der Waals surface area contributed by atoms with Crippen molar-refractivity contribution in [2.45, 2.75) is 37.6 Å². The molecule has 18 heavy (non-hydrogen) atoms. The number of likely N-dealkylation sites (tertiary alicyclic amines) is 1. The van der Waals surface area contributed by atoms with Crippen LogP contribution < -0.4 is 5.32 Å². The second kappa shape index (κ2) is 5.41. The van der Waals surface area contributed by atoms with Crippen molar-refractivity contribution in [3.05, 3.63) is 18.0 Å². The van der Waals surface area contributed by atoms with E-state index in [9.17, 15) is 0 Å². The topological polar surface area (TPSA) is 33.1 Å². The van der Waals surface area contributed by atoms with Crippen LogP contribution in [-0.2, 0) is 0 Å². The zero-order valence-electron chi connectivity index (χ0n) is 11.3. The van der Waals surface area contributed by atoms with Crippen LogP contribution in [0.15, 0.2) is 12.4 Å². The maximum absolute atomic E-state index is 4.61. The maximum atomic E-state index is 4.61. The molecule has 4 heteroatoms. The number of aromatic nitrogens is 2. The molecule has 100 valence electrons. The summed E-state index contributed by atoms with van der Waals surface area (Å²) in [6, 6.07) is 0.578. The summed E-state index contributed by atoms with van der Waals surface area (Å²) < 4.78 is 2.21. The molecule has 2 fully saturated rings. The Morgan fingerprint density at radius 1 is 1.33 bits per heavy atom. The van der Waals surface area contributed by atoms with Crippen LogP contribution in [0.3, 0.4) is 0 Å². The van der Waals surface area contributed by atoms with Crippen LogP contribution in [0.2, 0.25) is 0 Å². The molecule has 0 bridgehead atoms. The maximum Gasteiger partial charge on any atom is 0.0646 e. The summed E-state index contributed by atoms with van der Waals surface area (Å²) in [6.07, 6.45) is 9.55. The van der Waals surface area contributed by atoms with Gasteiger partial charge in [-0.2, -0.15) is 5.10 Å². The normalized spacial score (nSPS) is 30.5. The van der Waals surface area contributed by atoms with Gasteiger partial charge in [0.15, 0.2) is 0 Å². The fourth-order valence-electron chi connectivity index (χ4n) is 3.25. The second-order valence-electron chi connectivity index (χ2n) is 5.86. The van der Waals surface area contributed by atoms with E-state index in [4.69, 9.17) is 0 Å². The van der Waals surface area contributed by atoms with Crippen molar-refractivity contribution in [1.29, 1.82) is 0 Å². The van der Waals surface area contributed by atoms with E-state index in [1.807, 2.05) is 0 Å². The van der Waals surface area contributed by atoms with Crippen molar-refractivity contribution < 1.29 is 0 Å². The monoisotopic (exact) mass is 248 g/mol. The summed E-state index contributed by atoms with van der Waals surface area (Å²) in [5, 5.41) is 8.10. The van der Waals surface area contributed by atoms with Gasteiger partial charge < -0.3 is 10.2 Å². The van der Waals surface area contributed by atoms with Gasteiger partial charge in [-0.3, -0.25) is 4.68 Å². The first-order valence-corrected chi connectivity index (χ1v) is 7.26. The van der Waals surface area contributed by atoms with Crippen LogP contribution in [0.5, 0.6) is 0 Å². The lowest BCUT2D eigenvalue weighted by Crippen LogP contribution is -2.33. The van der Waals surface area contributed by atoms with Gasteiger partial charge in [-0.05, 0) is 57.3 Å². The Morgan fingerprint density at radius 2 is 2.28 bits per heavy atom. The van der Waals surface area contributed by atoms with Gasteiger partial charge in [-0.25, -0.2) is 0 Å². The first kappa shape index (κ1) is 12.2. The third kappa shape index (κ3) is 2.59. The lowest BCUT2D eigenvalue weighted by molar-refractivity contribution is 0.202. The molecule has 1 aromatic heterocycles. The van der Waals surface area contributed by atoms with Gasteiger partial charge in [0.2, 0.25) is 0 Å². The number of nitrogens with one attached hydrogen (secondary N) is 1. The average molecular weight is 248 g/mol. The van der Waals surface area contributed by atoms with Crippen LogP contribution in [0, 0.1) is 0 Å². The predicted octanol–water partition coefficient (Wildman–Crippen LogP) is 1.62. The van der Waals surface area contributed by atoms with E-state index in [0.717, 1.165) is 13.1 Å². The van der Waals surface area contributed by atoms with E-state index in [1.54, 1.807) is 0 Å². The number of nitrogens with zero attached hydrogens (tertiary/aromatic N) is 3. The molecule has 0 spiro atoms. The van der Waals surface area contributed by atoms with Crippen LogP contribution in [-0.4, -0.2) is 47.9 Å². The van der Waals surface area contributed by atoms with E-state index in [1.165, 1.54) is 44.3 Å². The summed E-state index contributed by atoms with van der Waals surface area (Å²) in [7, 11) is 2.21. The Morgan fingerprint density at radius 3 is 3.06 bits per heavy atom. The molecule has 3 rings (SSSR count). The first-order chi connectivity index (χ1) is 8.83. The van der Waals surface area contributed by atoms with Crippen LogP contribution in [0.25, 0.3) is 0 Å². The van der Waals surface area contributed by atoms with Crippen molar-refractivity contribution in [1.82, 2.24) is 20.0 Å². The second-order valence-corrected chi connectivity index (χ2v) is 5.86. The molecule has 4 nitrogen and oxygen atoms in total. The molecule has 1 aromatic rings. The minimum atomic E-state index is 0.578. The van der Waals surface area contributed by atoms with E-state index in [0.29, 0.717) is 12.0 Å². The number of piperidine rings is 2.